The van der Waals surface area contributed by atoms with E-state index >= 15 is 0 Å². The molecule has 1 saturated carbocycles. The van der Waals surface area contributed by atoms with Gasteiger partial charge < -0.3 is 5.32 Å². The summed E-state index contributed by atoms with van der Waals surface area (Å²) in [6.07, 6.45) is 1.37. The Morgan fingerprint density at radius 2 is 2.15 bits per heavy atom. The lowest BCUT2D eigenvalue weighted by molar-refractivity contribution is 0.697. The van der Waals surface area contributed by atoms with Crippen LogP contribution in [0.1, 0.15) is 23.5 Å². The van der Waals surface area contributed by atoms with E-state index in [1.165, 1.54) is 18.5 Å². The molecule has 1 N–H and O–H groups in total. The van der Waals surface area contributed by atoms with E-state index in [-0.39, 0.29) is 0 Å². The molecule has 1 fully saturated rings. The maximum atomic E-state index is 3.25. The lowest BCUT2D eigenvalue weighted by Gasteiger charge is -2.03. The second kappa shape index (κ2) is 3.51. The van der Waals surface area contributed by atoms with Crippen molar-refractivity contribution in [3.63, 3.8) is 0 Å². The molecule has 1 aliphatic rings. The van der Waals surface area contributed by atoms with Crippen LogP contribution in [0.4, 0.5) is 0 Å². The van der Waals surface area contributed by atoms with Crippen LogP contribution in [0.15, 0.2) is 24.3 Å². The molecular weight excluding hydrogens is 158 g/mol. The Balaban J connectivity index is 2.07. The molecule has 2 atom stereocenters. The highest BCUT2D eigenvalue weighted by Gasteiger charge is 2.37. The number of aryl methyl sites for hydroxylation is 1. The van der Waals surface area contributed by atoms with Gasteiger partial charge in [0.25, 0.3) is 0 Å². The molecule has 70 valence electrons. The molecule has 1 aromatic carbocycles. The smallest absolute Gasteiger partial charge is 0.00174 e. The first-order valence-electron chi connectivity index (χ1n) is 5.03. The monoisotopic (exact) mass is 175 g/mol. The SMILES string of the molecule is CNC[C@H]1C[C@H]1c1ccccc1C. The Kier molecular flexibility index (Phi) is 2.36. The summed E-state index contributed by atoms with van der Waals surface area (Å²) < 4.78 is 0. The Hall–Kier alpha value is -0.820. The van der Waals surface area contributed by atoms with Crippen molar-refractivity contribution in [1.29, 1.82) is 0 Å². The van der Waals surface area contributed by atoms with E-state index in [9.17, 15) is 0 Å². The highest BCUT2D eigenvalue weighted by Crippen LogP contribution is 2.47. The molecule has 0 spiro atoms. The number of hydrogen-bond acceptors (Lipinski definition) is 1. The molecule has 0 aromatic heterocycles. The summed E-state index contributed by atoms with van der Waals surface area (Å²) in [4.78, 5) is 0. The molecule has 1 aromatic rings. The Bertz CT molecular complexity index is 293. The largest absolute Gasteiger partial charge is 0.319 e. The first kappa shape index (κ1) is 8.76. The summed E-state index contributed by atoms with van der Waals surface area (Å²) in [6, 6.07) is 8.76. The molecule has 13 heavy (non-hydrogen) atoms. The third-order valence-corrected chi connectivity index (χ3v) is 2.98. The summed E-state index contributed by atoms with van der Waals surface area (Å²) >= 11 is 0. The predicted octanol–water partition coefficient (Wildman–Crippen LogP) is 2.32. The molecule has 0 bridgehead atoms. The Labute approximate surface area is 80.2 Å². The summed E-state index contributed by atoms with van der Waals surface area (Å²) in [5, 5.41) is 3.25. The molecule has 0 aliphatic heterocycles. The maximum Gasteiger partial charge on any atom is -0.00174 e. The van der Waals surface area contributed by atoms with Crippen molar-refractivity contribution in [2.45, 2.75) is 19.3 Å². The van der Waals surface area contributed by atoms with Crippen molar-refractivity contribution in [3.8, 4) is 0 Å². The van der Waals surface area contributed by atoms with Gasteiger partial charge in [-0.3, -0.25) is 0 Å². The van der Waals surface area contributed by atoms with Gasteiger partial charge in [-0.2, -0.15) is 0 Å². The highest BCUT2D eigenvalue weighted by atomic mass is 14.8. The summed E-state index contributed by atoms with van der Waals surface area (Å²) in [5.41, 5.74) is 3.01. The minimum Gasteiger partial charge on any atom is -0.319 e. The Morgan fingerprint density at radius 1 is 1.38 bits per heavy atom. The zero-order valence-electron chi connectivity index (χ0n) is 8.38. The van der Waals surface area contributed by atoms with Crippen molar-refractivity contribution < 1.29 is 0 Å². The van der Waals surface area contributed by atoms with Crippen LogP contribution in [0.5, 0.6) is 0 Å². The van der Waals surface area contributed by atoms with Gasteiger partial charge >= 0.3 is 0 Å². The fourth-order valence-corrected chi connectivity index (χ4v) is 2.12. The molecule has 2 rings (SSSR count). The van der Waals surface area contributed by atoms with Crippen LogP contribution in [-0.2, 0) is 0 Å². The number of rotatable bonds is 3. The second-order valence-corrected chi connectivity index (χ2v) is 4.02. The van der Waals surface area contributed by atoms with Gasteiger partial charge in [-0.05, 0) is 49.9 Å². The minimum atomic E-state index is 0.827. The summed E-state index contributed by atoms with van der Waals surface area (Å²) in [6.45, 7) is 3.38. The molecule has 0 saturated heterocycles. The molecule has 0 amide bonds. The van der Waals surface area contributed by atoms with E-state index in [0.29, 0.717) is 0 Å². The average molecular weight is 175 g/mol. The Morgan fingerprint density at radius 3 is 2.85 bits per heavy atom. The lowest BCUT2D eigenvalue weighted by Crippen LogP contribution is -2.10. The quantitative estimate of drug-likeness (QED) is 0.743. The summed E-state index contributed by atoms with van der Waals surface area (Å²) in [5.74, 6) is 1.71. The number of nitrogens with one attached hydrogen (secondary N) is 1. The molecule has 0 heterocycles. The first-order chi connectivity index (χ1) is 6.33. The topological polar surface area (TPSA) is 12.0 Å². The maximum absolute atomic E-state index is 3.25. The van der Waals surface area contributed by atoms with Gasteiger partial charge in [0.05, 0.1) is 0 Å². The van der Waals surface area contributed by atoms with Crippen LogP contribution in [0.25, 0.3) is 0 Å². The highest BCUT2D eigenvalue weighted by molar-refractivity contribution is 5.33. The van der Waals surface area contributed by atoms with Crippen LogP contribution < -0.4 is 5.32 Å². The fraction of sp³-hybridized carbons (Fsp3) is 0.500. The normalized spacial score (nSPS) is 26.0. The molecule has 0 unspecified atom stereocenters. The third-order valence-electron chi connectivity index (χ3n) is 2.98. The van der Waals surface area contributed by atoms with Gasteiger partial charge in [0.2, 0.25) is 0 Å². The van der Waals surface area contributed by atoms with Crippen LogP contribution >= 0.6 is 0 Å². The molecule has 1 nitrogen and oxygen atoms in total. The van der Waals surface area contributed by atoms with E-state index in [1.807, 2.05) is 7.05 Å². The second-order valence-electron chi connectivity index (χ2n) is 4.02. The average Bonchev–Trinajstić information content (AvgIpc) is 2.86. The zero-order chi connectivity index (χ0) is 9.26. The van der Waals surface area contributed by atoms with Crippen LogP contribution in [0.2, 0.25) is 0 Å². The number of hydrogen-bond donors (Lipinski definition) is 1. The van der Waals surface area contributed by atoms with E-state index < -0.39 is 0 Å². The zero-order valence-corrected chi connectivity index (χ0v) is 8.38. The van der Waals surface area contributed by atoms with Crippen LogP contribution in [-0.4, -0.2) is 13.6 Å². The van der Waals surface area contributed by atoms with Crippen LogP contribution in [0, 0.1) is 12.8 Å². The molecule has 1 aliphatic carbocycles. The van der Waals surface area contributed by atoms with E-state index in [4.69, 9.17) is 0 Å². The number of benzene rings is 1. The van der Waals surface area contributed by atoms with Gasteiger partial charge in [0, 0.05) is 0 Å². The van der Waals surface area contributed by atoms with Gasteiger partial charge in [-0.25, -0.2) is 0 Å². The van der Waals surface area contributed by atoms with Crippen molar-refractivity contribution >= 4 is 0 Å². The standard InChI is InChI=1S/C12H17N/c1-9-5-3-4-6-11(9)12-7-10(12)8-13-2/h3-6,10,12-13H,7-8H2,1-2H3/t10-,12-/m1/s1. The lowest BCUT2D eigenvalue weighted by atomic mass is 10.0. The van der Waals surface area contributed by atoms with E-state index in [1.54, 1.807) is 5.56 Å². The van der Waals surface area contributed by atoms with E-state index in [2.05, 4.69) is 36.5 Å². The van der Waals surface area contributed by atoms with Gasteiger partial charge in [0.1, 0.15) is 0 Å². The first-order valence-corrected chi connectivity index (χ1v) is 5.03. The van der Waals surface area contributed by atoms with Crippen LogP contribution in [0.3, 0.4) is 0 Å². The van der Waals surface area contributed by atoms with Crippen molar-refractivity contribution in [2.24, 2.45) is 5.92 Å². The van der Waals surface area contributed by atoms with Gasteiger partial charge in [-0.1, -0.05) is 24.3 Å². The van der Waals surface area contributed by atoms with Crippen molar-refractivity contribution in [1.82, 2.24) is 5.32 Å². The van der Waals surface area contributed by atoms with Crippen molar-refractivity contribution in [2.75, 3.05) is 13.6 Å². The summed E-state index contributed by atoms with van der Waals surface area (Å²) in [7, 11) is 2.03. The minimum absolute atomic E-state index is 0.827. The van der Waals surface area contributed by atoms with Crippen molar-refractivity contribution in [3.05, 3.63) is 35.4 Å². The fourth-order valence-electron chi connectivity index (χ4n) is 2.12. The van der Waals surface area contributed by atoms with Gasteiger partial charge in [0.15, 0.2) is 0 Å². The predicted molar refractivity (Wildman–Crippen MR) is 56.0 cm³/mol. The van der Waals surface area contributed by atoms with E-state index in [0.717, 1.165) is 11.8 Å². The molecule has 1 heteroatoms. The molecule has 0 radical (unpaired) electrons. The molecular formula is C12H17N. The van der Waals surface area contributed by atoms with Gasteiger partial charge in [-0.15, -0.1) is 0 Å². The third kappa shape index (κ3) is 1.75.